The second-order valence-corrected chi connectivity index (χ2v) is 3.13. The zero-order valence-corrected chi connectivity index (χ0v) is 7.52. The SMILES string of the molecule is CNCc1nc(C(C)(C)F)co1. The Morgan fingerprint density at radius 2 is 2.33 bits per heavy atom. The normalized spacial score (nSPS) is 12.0. The van der Waals surface area contributed by atoms with Crippen LogP contribution in [0.4, 0.5) is 4.39 Å². The second-order valence-electron chi connectivity index (χ2n) is 3.13. The number of hydrogen-bond acceptors (Lipinski definition) is 3. The van der Waals surface area contributed by atoms with Crippen LogP contribution in [0, 0.1) is 0 Å². The van der Waals surface area contributed by atoms with Crippen LogP contribution in [0.15, 0.2) is 10.7 Å². The van der Waals surface area contributed by atoms with E-state index >= 15 is 0 Å². The molecule has 0 aromatic carbocycles. The number of rotatable bonds is 3. The molecule has 0 saturated carbocycles. The summed E-state index contributed by atoms with van der Waals surface area (Å²) in [6.45, 7) is 3.43. The van der Waals surface area contributed by atoms with Gasteiger partial charge in [0.05, 0.1) is 6.54 Å². The lowest BCUT2D eigenvalue weighted by molar-refractivity contribution is 0.214. The number of oxazole rings is 1. The van der Waals surface area contributed by atoms with E-state index in [-0.39, 0.29) is 0 Å². The van der Waals surface area contributed by atoms with Gasteiger partial charge in [0, 0.05) is 0 Å². The molecule has 0 spiro atoms. The fourth-order valence-electron chi connectivity index (χ4n) is 0.816. The van der Waals surface area contributed by atoms with Gasteiger partial charge in [-0.25, -0.2) is 9.37 Å². The molecule has 1 rings (SSSR count). The van der Waals surface area contributed by atoms with Gasteiger partial charge in [-0.05, 0) is 20.9 Å². The number of halogens is 1. The Bertz CT molecular complexity index is 252. The first-order valence-electron chi connectivity index (χ1n) is 3.82. The van der Waals surface area contributed by atoms with Crippen LogP contribution in [0.5, 0.6) is 0 Å². The van der Waals surface area contributed by atoms with Crippen molar-refractivity contribution in [1.29, 1.82) is 0 Å². The average molecular weight is 172 g/mol. The number of hydrogen-bond donors (Lipinski definition) is 1. The van der Waals surface area contributed by atoms with E-state index < -0.39 is 5.67 Å². The highest BCUT2D eigenvalue weighted by atomic mass is 19.1. The van der Waals surface area contributed by atoms with E-state index in [2.05, 4.69) is 10.3 Å². The third kappa shape index (κ3) is 2.04. The molecule has 0 fully saturated rings. The first-order valence-corrected chi connectivity index (χ1v) is 3.82. The van der Waals surface area contributed by atoms with Crippen molar-refractivity contribution in [2.75, 3.05) is 7.05 Å². The van der Waals surface area contributed by atoms with E-state index in [4.69, 9.17) is 4.42 Å². The topological polar surface area (TPSA) is 38.1 Å². The van der Waals surface area contributed by atoms with Crippen molar-refractivity contribution in [3.63, 3.8) is 0 Å². The maximum Gasteiger partial charge on any atom is 0.208 e. The minimum absolute atomic E-state index is 0.341. The minimum Gasteiger partial charge on any atom is -0.447 e. The molecule has 4 heteroatoms. The van der Waals surface area contributed by atoms with Gasteiger partial charge in [0.1, 0.15) is 17.6 Å². The fourth-order valence-corrected chi connectivity index (χ4v) is 0.816. The van der Waals surface area contributed by atoms with Crippen LogP contribution in [0.3, 0.4) is 0 Å². The van der Waals surface area contributed by atoms with Gasteiger partial charge >= 0.3 is 0 Å². The summed E-state index contributed by atoms with van der Waals surface area (Å²) in [5.74, 6) is 0.512. The Morgan fingerprint density at radius 3 is 2.75 bits per heavy atom. The Morgan fingerprint density at radius 1 is 1.67 bits per heavy atom. The summed E-state index contributed by atoms with van der Waals surface area (Å²) in [7, 11) is 1.78. The van der Waals surface area contributed by atoms with Gasteiger partial charge in [-0.2, -0.15) is 0 Å². The summed E-state index contributed by atoms with van der Waals surface area (Å²) >= 11 is 0. The van der Waals surface area contributed by atoms with E-state index in [1.54, 1.807) is 7.05 Å². The van der Waals surface area contributed by atoms with Gasteiger partial charge in [0.25, 0.3) is 0 Å². The molecule has 0 radical (unpaired) electrons. The van der Waals surface area contributed by atoms with Crippen molar-refractivity contribution in [2.24, 2.45) is 0 Å². The lowest BCUT2D eigenvalue weighted by Gasteiger charge is -2.07. The Hall–Kier alpha value is -0.900. The summed E-state index contributed by atoms with van der Waals surface area (Å²) in [6, 6.07) is 0. The van der Waals surface area contributed by atoms with Crippen LogP contribution in [0.1, 0.15) is 25.4 Å². The van der Waals surface area contributed by atoms with Gasteiger partial charge in [-0.3, -0.25) is 0 Å². The van der Waals surface area contributed by atoms with E-state index in [9.17, 15) is 4.39 Å². The second kappa shape index (κ2) is 3.23. The lowest BCUT2D eigenvalue weighted by Crippen LogP contribution is -2.10. The van der Waals surface area contributed by atoms with Gasteiger partial charge in [-0.1, -0.05) is 0 Å². The van der Waals surface area contributed by atoms with Gasteiger partial charge < -0.3 is 9.73 Å². The molecule has 1 aromatic rings. The van der Waals surface area contributed by atoms with Crippen molar-refractivity contribution in [3.8, 4) is 0 Å². The largest absolute Gasteiger partial charge is 0.447 e. The standard InChI is InChI=1S/C8H13FN2O/c1-8(2,9)6-5-12-7(11-6)4-10-3/h5,10H,4H2,1-3H3. The number of alkyl halides is 1. The molecule has 0 atom stereocenters. The van der Waals surface area contributed by atoms with Crippen molar-refractivity contribution >= 4 is 0 Å². The van der Waals surface area contributed by atoms with Crippen molar-refractivity contribution < 1.29 is 8.81 Å². The summed E-state index contributed by atoms with van der Waals surface area (Å²) in [5, 5.41) is 2.87. The average Bonchev–Trinajstić information content (AvgIpc) is 2.35. The first-order chi connectivity index (χ1) is 5.54. The zero-order valence-electron chi connectivity index (χ0n) is 7.52. The van der Waals surface area contributed by atoms with Crippen LogP contribution in [-0.2, 0) is 12.2 Å². The van der Waals surface area contributed by atoms with Crippen LogP contribution in [-0.4, -0.2) is 12.0 Å². The zero-order chi connectivity index (χ0) is 9.19. The van der Waals surface area contributed by atoms with Crippen LogP contribution in [0.2, 0.25) is 0 Å². The Labute approximate surface area is 71.0 Å². The van der Waals surface area contributed by atoms with E-state index in [0.29, 0.717) is 18.1 Å². The summed E-state index contributed by atoms with van der Waals surface area (Å²) in [4.78, 5) is 3.97. The maximum atomic E-state index is 13.2. The van der Waals surface area contributed by atoms with Crippen LogP contribution >= 0.6 is 0 Å². The smallest absolute Gasteiger partial charge is 0.208 e. The molecule has 0 aliphatic carbocycles. The quantitative estimate of drug-likeness (QED) is 0.752. The summed E-state index contributed by atoms with van der Waals surface area (Å²) < 4.78 is 18.2. The van der Waals surface area contributed by atoms with Crippen LogP contribution in [0.25, 0.3) is 0 Å². The molecular weight excluding hydrogens is 159 g/mol. The molecule has 0 bridgehead atoms. The summed E-state index contributed by atoms with van der Waals surface area (Å²) in [5.41, 5.74) is -1.08. The Kier molecular flexibility index (Phi) is 2.47. The number of nitrogens with zero attached hydrogens (tertiary/aromatic N) is 1. The van der Waals surface area contributed by atoms with Crippen molar-refractivity contribution in [3.05, 3.63) is 17.8 Å². The number of nitrogens with one attached hydrogen (secondary N) is 1. The molecule has 0 amide bonds. The van der Waals surface area contributed by atoms with E-state index in [0.717, 1.165) is 0 Å². The molecule has 1 N–H and O–H groups in total. The lowest BCUT2D eigenvalue weighted by atomic mass is 10.1. The van der Waals surface area contributed by atoms with Crippen molar-refractivity contribution in [1.82, 2.24) is 10.3 Å². The molecular formula is C8H13FN2O. The minimum atomic E-state index is -1.42. The third-order valence-electron chi connectivity index (χ3n) is 1.49. The molecule has 0 aliphatic rings. The maximum absolute atomic E-state index is 13.2. The number of aromatic nitrogens is 1. The van der Waals surface area contributed by atoms with E-state index in [1.807, 2.05) is 0 Å². The molecule has 3 nitrogen and oxygen atoms in total. The molecule has 0 saturated heterocycles. The highest BCUT2D eigenvalue weighted by Gasteiger charge is 2.22. The fraction of sp³-hybridized carbons (Fsp3) is 0.625. The van der Waals surface area contributed by atoms with Gasteiger partial charge in [0.15, 0.2) is 0 Å². The molecule has 12 heavy (non-hydrogen) atoms. The molecule has 1 aromatic heterocycles. The van der Waals surface area contributed by atoms with Crippen molar-refractivity contribution in [2.45, 2.75) is 26.1 Å². The highest BCUT2D eigenvalue weighted by Crippen LogP contribution is 2.23. The third-order valence-corrected chi connectivity index (χ3v) is 1.49. The molecule has 0 unspecified atom stereocenters. The van der Waals surface area contributed by atoms with Crippen LogP contribution < -0.4 is 5.32 Å². The van der Waals surface area contributed by atoms with E-state index in [1.165, 1.54) is 20.1 Å². The predicted octanol–water partition coefficient (Wildman–Crippen LogP) is 1.60. The molecule has 1 heterocycles. The molecule has 0 aliphatic heterocycles. The molecule has 68 valence electrons. The van der Waals surface area contributed by atoms with Gasteiger partial charge in [-0.15, -0.1) is 0 Å². The first kappa shape index (κ1) is 9.19. The highest BCUT2D eigenvalue weighted by molar-refractivity contribution is 5.05. The summed E-state index contributed by atoms with van der Waals surface area (Å²) in [6.07, 6.45) is 1.35. The monoisotopic (exact) mass is 172 g/mol. The van der Waals surface area contributed by atoms with Gasteiger partial charge in [0.2, 0.25) is 5.89 Å². The Balaban J connectivity index is 2.77. The predicted molar refractivity (Wildman–Crippen MR) is 43.4 cm³/mol.